The summed E-state index contributed by atoms with van der Waals surface area (Å²) >= 11 is 0. The maximum absolute atomic E-state index is 9.77. The Morgan fingerprint density at radius 1 is 0.650 bits per heavy atom. The Hall–Kier alpha value is -0.600. The predicted octanol–water partition coefficient (Wildman–Crippen LogP) is -10.3. The molecule has 0 radical (unpaired) electrons. The van der Waals surface area contributed by atoms with Crippen molar-refractivity contribution in [2.24, 2.45) is 0 Å². The number of rotatable bonds is 3. The first-order valence-corrected chi connectivity index (χ1v) is 3.55. The van der Waals surface area contributed by atoms with E-state index in [2.05, 4.69) is 0 Å². The van der Waals surface area contributed by atoms with Gasteiger partial charge >= 0.3 is 71.1 Å². The fraction of sp³-hybridized carbons (Fsp3) is 0.333. The van der Waals surface area contributed by atoms with Crippen molar-refractivity contribution in [2.75, 3.05) is 0 Å². The molecule has 14 heteroatoms. The van der Waals surface area contributed by atoms with E-state index in [9.17, 15) is 9.59 Å². The molecule has 2 atom stereocenters. The summed E-state index contributed by atoms with van der Waals surface area (Å²) in [6.45, 7) is 0. The molecule has 0 saturated carbocycles. The molecule has 106 valence electrons. The van der Waals surface area contributed by atoms with Gasteiger partial charge in [-0.05, 0) is 0 Å². The monoisotopic (exact) mass is 318 g/mol. The summed E-state index contributed by atoms with van der Waals surface area (Å²) in [4.78, 5) is 36.4. The van der Waals surface area contributed by atoms with Gasteiger partial charge in [-0.15, -0.1) is 0 Å². The van der Waals surface area contributed by atoms with E-state index in [-0.39, 0.29) is 59.1 Å². The van der Waals surface area contributed by atoms with Crippen LogP contribution in [0.5, 0.6) is 0 Å². The van der Waals surface area contributed by atoms with Crippen molar-refractivity contribution in [3.05, 3.63) is 0 Å². The smallest absolute Gasteiger partial charge is 0.565 e. The average Bonchev–Trinajstić information content (AvgIpc) is 2.13. The number of carboxylic acids is 2. The van der Waals surface area contributed by atoms with Crippen LogP contribution in [0.1, 0.15) is 0 Å². The van der Waals surface area contributed by atoms with E-state index >= 15 is 0 Å². The zero-order valence-electron chi connectivity index (χ0n) is 10.3. The third-order valence-corrected chi connectivity index (χ3v) is 0.805. The topological polar surface area (TPSA) is 236 Å². The quantitative estimate of drug-likeness (QED) is 0.266. The van der Waals surface area contributed by atoms with Gasteiger partial charge in [-0.2, -0.15) is 0 Å². The third kappa shape index (κ3) is 36.0. The van der Waals surface area contributed by atoms with E-state index in [0.29, 0.717) is 0 Å². The standard InChI is InChI=1S/C4H6O6.2CH2O3.2Na/c5-1(3(7)8)2(6)4(9)10;2*2-1(3)4;;/h1-2,5-6H,(H,7,8)(H,9,10);2*(H2,2,3,4);;/q;;;2*+1/p-2. The minimum atomic E-state index is -2.27. The summed E-state index contributed by atoms with van der Waals surface area (Å²) in [6, 6.07) is 0. The Balaban J connectivity index is -0.0000000637. The van der Waals surface area contributed by atoms with E-state index < -0.39 is 36.5 Å². The first-order chi connectivity index (χ1) is 7.93. The molecule has 0 rings (SSSR count). The van der Waals surface area contributed by atoms with Crippen LogP contribution in [0.25, 0.3) is 0 Å². The number of carboxylic acid groups (broad SMARTS) is 6. The molecule has 0 aromatic carbocycles. The molecular weight excluding hydrogens is 310 g/mol. The molecule has 2 unspecified atom stereocenters. The Morgan fingerprint density at radius 2 is 0.750 bits per heavy atom. The fourth-order valence-corrected chi connectivity index (χ4v) is 0.270. The van der Waals surface area contributed by atoms with Crippen LogP contribution in [0, 0.1) is 0 Å². The van der Waals surface area contributed by atoms with Crippen LogP contribution in [-0.4, -0.2) is 67.1 Å². The van der Waals surface area contributed by atoms with Crippen LogP contribution in [0.3, 0.4) is 0 Å². The van der Waals surface area contributed by atoms with E-state index in [1.165, 1.54) is 0 Å². The molecule has 0 spiro atoms. The van der Waals surface area contributed by atoms with Crippen molar-refractivity contribution in [1.29, 1.82) is 0 Å². The second kappa shape index (κ2) is 18.4. The van der Waals surface area contributed by atoms with Crippen molar-refractivity contribution < 1.29 is 119 Å². The van der Waals surface area contributed by atoms with Crippen molar-refractivity contribution in [1.82, 2.24) is 0 Å². The zero-order chi connectivity index (χ0) is 15.5. The molecule has 0 saturated heterocycles. The van der Waals surface area contributed by atoms with Crippen LogP contribution < -0.4 is 69.3 Å². The van der Waals surface area contributed by atoms with Gasteiger partial charge in [-0.3, -0.25) is 0 Å². The van der Waals surface area contributed by atoms with Crippen molar-refractivity contribution in [2.45, 2.75) is 12.2 Å². The number of aliphatic hydroxyl groups is 2. The molecule has 20 heavy (non-hydrogen) atoms. The number of hydrogen-bond donors (Lipinski definition) is 6. The summed E-state index contributed by atoms with van der Waals surface area (Å²) in [6.07, 6.45) is -8.70. The number of carbonyl (C=O) groups is 4. The number of hydrogen-bond acceptors (Lipinski definition) is 8. The molecule has 0 aromatic rings. The van der Waals surface area contributed by atoms with Gasteiger partial charge in [0.25, 0.3) is 0 Å². The van der Waals surface area contributed by atoms with Gasteiger partial charge < -0.3 is 50.4 Å². The summed E-state index contributed by atoms with van der Waals surface area (Å²) in [7, 11) is 0. The average molecular weight is 318 g/mol. The van der Waals surface area contributed by atoms with Crippen LogP contribution >= 0.6 is 0 Å². The second-order valence-corrected chi connectivity index (χ2v) is 2.10. The van der Waals surface area contributed by atoms with Crippen LogP contribution in [0.15, 0.2) is 0 Å². The Labute approximate surface area is 154 Å². The minimum absolute atomic E-state index is 0. The predicted molar refractivity (Wildman–Crippen MR) is 43.3 cm³/mol. The molecule has 0 amide bonds. The van der Waals surface area contributed by atoms with E-state index in [1.54, 1.807) is 0 Å². The number of aliphatic hydroxyl groups excluding tert-OH is 2. The van der Waals surface area contributed by atoms with Crippen LogP contribution in [0.2, 0.25) is 0 Å². The minimum Gasteiger partial charge on any atom is -0.565 e. The van der Waals surface area contributed by atoms with Crippen molar-refractivity contribution >= 4 is 24.2 Å². The summed E-state index contributed by atoms with van der Waals surface area (Å²) in [5, 5.41) is 63.1. The van der Waals surface area contributed by atoms with Gasteiger partial charge in [0.2, 0.25) is 12.3 Å². The van der Waals surface area contributed by atoms with Crippen LogP contribution in [0.4, 0.5) is 9.59 Å². The van der Waals surface area contributed by atoms with Crippen LogP contribution in [-0.2, 0) is 9.59 Å². The van der Waals surface area contributed by atoms with Crippen molar-refractivity contribution in [3.63, 3.8) is 0 Å². The van der Waals surface area contributed by atoms with E-state index in [1.807, 2.05) is 0 Å². The summed E-state index contributed by atoms with van der Waals surface area (Å²) in [5.74, 6) is -3.54. The third-order valence-electron chi connectivity index (χ3n) is 0.805. The maximum Gasteiger partial charge on any atom is 1.00 e. The SMILES string of the molecule is O=C(O)C(O)C(O)C(=O)O.O=C([O-])O.O=C([O-])O.[Na+].[Na+]. The summed E-state index contributed by atoms with van der Waals surface area (Å²) < 4.78 is 0. The van der Waals surface area contributed by atoms with E-state index in [4.69, 9.17) is 50.4 Å². The molecule has 0 fully saturated rings. The normalized spacial score (nSPS) is 10.3. The van der Waals surface area contributed by atoms with Gasteiger partial charge in [-0.1, -0.05) is 0 Å². The molecule has 0 bridgehead atoms. The largest absolute Gasteiger partial charge is 1.00 e. The molecule has 0 aliphatic rings. The molecular formula is C6H8Na2O12. The Morgan fingerprint density at radius 3 is 0.800 bits per heavy atom. The first kappa shape index (κ1) is 31.7. The molecule has 6 N–H and O–H groups in total. The molecule has 0 aliphatic carbocycles. The van der Waals surface area contributed by atoms with Crippen molar-refractivity contribution in [3.8, 4) is 0 Å². The van der Waals surface area contributed by atoms with Gasteiger partial charge in [0, 0.05) is 0 Å². The summed E-state index contributed by atoms with van der Waals surface area (Å²) in [5.41, 5.74) is 0. The molecule has 0 heterocycles. The second-order valence-electron chi connectivity index (χ2n) is 2.10. The zero-order valence-corrected chi connectivity index (χ0v) is 14.3. The molecule has 0 aliphatic heterocycles. The van der Waals surface area contributed by atoms with Gasteiger partial charge in [0.15, 0.2) is 12.2 Å². The van der Waals surface area contributed by atoms with Gasteiger partial charge in [0.1, 0.15) is 0 Å². The number of aliphatic carboxylic acids is 2. The Bertz CT molecular complexity index is 266. The molecule has 0 aromatic heterocycles. The fourth-order valence-electron chi connectivity index (χ4n) is 0.270. The first-order valence-electron chi connectivity index (χ1n) is 3.55. The van der Waals surface area contributed by atoms with E-state index in [0.717, 1.165) is 0 Å². The van der Waals surface area contributed by atoms with Gasteiger partial charge in [0.05, 0.1) is 0 Å². The maximum atomic E-state index is 9.77. The Kier molecular flexibility index (Phi) is 29.1. The molecule has 12 nitrogen and oxygen atoms in total. The van der Waals surface area contributed by atoms with Gasteiger partial charge in [-0.25, -0.2) is 9.59 Å².